The van der Waals surface area contributed by atoms with Crippen LogP contribution in [-0.2, 0) is 0 Å². The van der Waals surface area contributed by atoms with E-state index >= 15 is 0 Å². The van der Waals surface area contributed by atoms with Crippen LogP contribution >= 0.6 is 11.6 Å². The summed E-state index contributed by atoms with van der Waals surface area (Å²) in [6.07, 6.45) is -1.11. The van der Waals surface area contributed by atoms with E-state index in [1.807, 2.05) is 0 Å². The molecule has 0 unspecified atom stereocenters. The molecule has 0 saturated heterocycles. The molecule has 0 aliphatic heterocycles. The van der Waals surface area contributed by atoms with Gasteiger partial charge in [-0.25, -0.2) is 4.39 Å². The zero-order chi connectivity index (χ0) is 14.0. The number of ether oxygens (including phenoxy) is 1. The third-order valence-corrected chi connectivity index (χ3v) is 3.07. The number of aliphatic hydroxyl groups excluding tert-OH is 1. The van der Waals surface area contributed by atoms with Crippen LogP contribution in [0.3, 0.4) is 0 Å². The van der Waals surface area contributed by atoms with Gasteiger partial charge in [-0.15, -0.1) is 0 Å². The lowest BCUT2D eigenvalue weighted by atomic mass is 9.99. The molecule has 0 amide bonds. The molecule has 0 spiro atoms. The molecule has 3 nitrogen and oxygen atoms in total. The Hall–Kier alpha value is -1.78. The van der Waals surface area contributed by atoms with Crippen molar-refractivity contribution in [3.05, 3.63) is 58.4 Å². The second-order valence-corrected chi connectivity index (χ2v) is 4.47. The van der Waals surface area contributed by atoms with Crippen LogP contribution in [-0.4, -0.2) is 12.2 Å². The Kier molecular flexibility index (Phi) is 3.93. The van der Waals surface area contributed by atoms with Crippen LogP contribution in [0.15, 0.2) is 36.4 Å². The minimum Gasteiger partial charge on any atom is -0.493 e. The molecule has 0 aliphatic carbocycles. The number of hydrogen-bond acceptors (Lipinski definition) is 3. The molecule has 0 fully saturated rings. The van der Waals surface area contributed by atoms with Crippen LogP contribution in [0.5, 0.6) is 5.75 Å². The summed E-state index contributed by atoms with van der Waals surface area (Å²) in [6.45, 7) is 0. The molecule has 2 aromatic carbocycles. The van der Waals surface area contributed by atoms with E-state index in [1.54, 1.807) is 24.3 Å². The first-order valence-electron chi connectivity index (χ1n) is 5.60. The molecular weight excluding hydrogens is 269 g/mol. The Morgan fingerprint density at radius 3 is 2.68 bits per heavy atom. The van der Waals surface area contributed by atoms with E-state index in [-0.39, 0.29) is 5.75 Å². The summed E-state index contributed by atoms with van der Waals surface area (Å²) < 4.78 is 18.6. The summed E-state index contributed by atoms with van der Waals surface area (Å²) in [5.41, 5.74) is 6.90. The van der Waals surface area contributed by atoms with Crippen molar-refractivity contribution in [1.82, 2.24) is 0 Å². The van der Waals surface area contributed by atoms with Crippen LogP contribution in [0.4, 0.5) is 10.1 Å². The first kappa shape index (κ1) is 13.6. The smallest absolute Gasteiger partial charge is 0.165 e. The lowest BCUT2D eigenvalue weighted by Gasteiger charge is -2.17. The average Bonchev–Trinajstić information content (AvgIpc) is 2.40. The summed E-state index contributed by atoms with van der Waals surface area (Å²) in [6, 6.07) is 9.09. The maximum absolute atomic E-state index is 13.6. The Bertz CT molecular complexity index is 604. The van der Waals surface area contributed by atoms with Gasteiger partial charge in [0, 0.05) is 21.8 Å². The molecular formula is C14H13ClFNO2. The quantitative estimate of drug-likeness (QED) is 0.850. The molecule has 0 aromatic heterocycles. The highest BCUT2D eigenvalue weighted by molar-refractivity contribution is 6.30. The van der Waals surface area contributed by atoms with E-state index in [4.69, 9.17) is 22.1 Å². The predicted molar refractivity (Wildman–Crippen MR) is 72.9 cm³/mol. The van der Waals surface area contributed by atoms with E-state index in [0.29, 0.717) is 21.8 Å². The largest absolute Gasteiger partial charge is 0.493 e. The highest BCUT2D eigenvalue weighted by atomic mass is 35.5. The zero-order valence-electron chi connectivity index (χ0n) is 10.2. The van der Waals surface area contributed by atoms with E-state index in [0.717, 1.165) is 0 Å². The van der Waals surface area contributed by atoms with Crippen LogP contribution in [0.25, 0.3) is 0 Å². The summed E-state index contributed by atoms with van der Waals surface area (Å²) in [5, 5.41) is 10.8. The highest BCUT2D eigenvalue weighted by Gasteiger charge is 2.20. The second-order valence-electron chi connectivity index (χ2n) is 4.04. The summed E-state index contributed by atoms with van der Waals surface area (Å²) in [7, 11) is 1.34. The van der Waals surface area contributed by atoms with Gasteiger partial charge in [-0.2, -0.15) is 0 Å². The minimum atomic E-state index is -1.11. The van der Waals surface area contributed by atoms with Gasteiger partial charge in [-0.05, 0) is 24.3 Å². The molecule has 0 saturated carbocycles. The molecule has 3 N–H and O–H groups in total. The van der Waals surface area contributed by atoms with Crippen molar-refractivity contribution < 1.29 is 14.2 Å². The lowest BCUT2D eigenvalue weighted by molar-refractivity contribution is 0.214. The van der Waals surface area contributed by atoms with Gasteiger partial charge in [0.05, 0.1) is 7.11 Å². The lowest BCUT2D eigenvalue weighted by Crippen LogP contribution is -2.06. The van der Waals surface area contributed by atoms with Crippen molar-refractivity contribution in [3.63, 3.8) is 0 Å². The number of benzene rings is 2. The maximum Gasteiger partial charge on any atom is 0.165 e. The molecule has 5 heteroatoms. The summed E-state index contributed by atoms with van der Waals surface area (Å²) in [4.78, 5) is 0. The minimum absolute atomic E-state index is 0.00521. The second kappa shape index (κ2) is 5.47. The van der Waals surface area contributed by atoms with Gasteiger partial charge >= 0.3 is 0 Å². The van der Waals surface area contributed by atoms with Gasteiger partial charge in [0.1, 0.15) is 6.10 Å². The molecule has 19 heavy (non-hydrogen) atoms. The fourth-order valence-corrected chi connectivity index (χ4v) is 2.09. The molecule has 0 bridgehead atoms. The highest BCUT2D eigenvalue weighted by Crippen LogP contribution is 2.35. The van der Waals surface area contributed by atoms with E-state index in [2.05, 4.69) is 0 Å². The van der Waals surface area contributed by atoms with Crippen molar-refractivity contribution in [2.24, 2.45) is 0 Å². The van der Waals surface area contributed by atoms with Crippen LogP contribution in [0.2, 0.25) is 5.02 Å². The van der Waals surface area contributed by atoms with Crippen LogP contribution in [0.1, 0.15) is 17.2 Å². The molecule has 0 heterocycles. The van der Waals surface area contributed by atoms with Gasteiger partial charge in [0.15, 0.2) is 11.6 Å². The van der Waals surface area contributed by atoms with Crippen LogP contribution in [0, 0.1) is 5.82 Å². The number of rotatable bonds is 3. The van der Waals surface area contributed by atoms with Crippen molar-refractivity contribution in [3.8, 4) is 5.75 Å². The SMILES string of the molecule is COc1c(F)cccc1[C@@H](O)c1cc(Cl)ccc1N. The maximum atomic E-state index is 13.6. The monoisotopic (exact) mass is 281 g/mol. The van der Waals surface area contributed by atoms with Gasteiger partial charge < -0.3 is 15.6 Å². The van der Waals surface area contributed by atoms with E-state index in [1.165, 1.54) is 19.2 Å². The van der Waals surface area contributed by atoms with E-state index < -0.39 is 11.9 Å². The first-order valence-corrected chi connectivity index (χ1v) is 5.97. The van der Waals surface area contributed by atoms with Gasteiger partial charge in [-0.3, -0.25) is 0 Å². The number of halogens is 2. The third-order valence-electron chi connectivity index (χ3n) is 2.84. The third kappa shape index (κ3) is 2.64. The molecule has 100 valence electrons. The van der Waals surface area contributed by atoms with Gasteiger partial charge in [0.2, 0.25) is 0 Å². The van der Waals surface area contributed by atoms with Crippen molar-refractivity contribution >= 4 is 17.3 Å². The molecule has 1 atom stereocenters. The van der Waals surface area contributed by atoms with Crippen molar-refractivity contribution in [2.45, 2.75) is 6.10 Å². The molecule has 2 aromatic rings. The molecule has 0 aliphatic rings. The summed E-state index contributed by atoms with van der Waals surface area (Å²) in [5.74, 6) is -0.547. The zero-order valence-corrected chi connectivity index (χ0v) is 11.0. The van der Waals surface area contributed by atoms with Crippen molar-refractivity contribution in [2.75, 3.05) is 12.8 Å². The number of hydrogen-bond donors (Lipinski definition) is 2. The number of nitrogen functional groups attached to an aromatic ring is 1. The summed E-state index contributed by atoms with van der Waals surface area (Å²) >= 11 is 5.88. The number of para-hydroxylation sites is 1. The number of aliphatic hydroxyl groups is 1. The number of anilines is 1. The normalized spacial score (nSPS) is 12.2. The number of nitrogens with two attached hydrogens (primary N) is 1. The fourth-order valence-electron chi connectivity index (χ4n) is 1.91. The topological polar surface area (TPSA) is 55.5 Å². The first-order chi connectivity index (χ1) is 9.04. The Labute approximate surface area is 115 Å². The average molecular weight is 282 g/mol. The van der Waals surface area contributed by atoms with E-state index in [9.17, 15) is 9.50 Å². The standard InChI is InChI=1S/C14H13ClFNO2/c1-19-14-9(3-2-4-11(14)16)13(18)10-7-8(15)5-6-12(10)17/h2-7,13,18H,17H2,1H3/t13-/m1/s1. The Morgan fingerprint density at radius 2 is 2.00 bits per heavy atom. The number of methoxy groups -OCH3 is 1. The Morgan fingerprint density at radius 1 is 1.26 bits per heavy atom. The Balaban J connectivity index is 2.52. The predicted octanol–water partition coefficient (Wildman–Crippen LogP) is 3.15. The van der Waals surface area contributed by atoms with Gasteiger partial charge in [0.25, 0.3) is 0 Å². The fraction of sp³-hybridized carbons (Fsp3) is 0.143. The molecule has 0 radical (unpaired) electrons. The molecule has 2 rings (SSSR count). The van der Waals surface area contributed by atoms with Crippen molar-refractivity contribution in [1.29, 1.82) is 0 Å². The van der Waals surface area contributed by atoms with Gasteiger partial charge in [-0.1, -0.05) is 23.7 Å². The van der Waals surface area contributed by atoms with Crippen LogP contribution < -0.4 is 10.5 Å².